The zero-order chi connectivity index (χ0) is 28.7. The Bertz CT molecular complexity index is 1280. The summed E-state index contributed by atoms with van der Waals surface area (Å²) < 4.78 is 17.5. The number of fused-ring (bicyclic) bond motifs is 4. The monoisotopic (exact) mass is 542 g/mol. The standard InChI is InChI=1S/C29H34O10/c1-14-17(31)12-28(26(3,4)39-25(36)16-9-7-6-8-10-16)20(14)21(33)23(34)27(5)18(32)11-19-29(13-37-19,38-15(2)30)22(27)24(28)35/h6-10,17-19,22,24,31-32,35H,11-13H2,1-5H3. The van der Waals surface area contributed by atoms with Gasteiger partial charge in [-0.25, -0.2) is 4.79 Å². The maximum absolute atomic E-state index is 14.1. The first-order chi connectivity index (χ1) is 18.1. The number of rotatable bonds is 4. The molecule has 1 aromatic carbocycles. The Hall–Kier alpha value is -2.92. The Morgan fingerprint density at radius 1 is 1.10 bits per heavy atom. The summed E-state index contributed by atoms with van der Waals surface area (Å²) in [5, 5.41) is 34.8. The van der Waals surface area contributed by atoms with Crippen molar-refractivity contribution in [3.8, 4) is 0 Å². The summed E-state index contributed by atoms with van der Waals surface area (Å²) >= 11 is 0. The van der Waals surface area contributed by atoms with Gasteiger partial charge in [0.1, 0.15) is 11.7 Å². The van der Waals surface area contributed by atoms with Crippen LogP contribution in [0.1, 0.15) is 57.8 Å². The molecular weight excluding hydrogens is 508 g/mol. The van der Waals surface area contributed by atoms with Crippen LogP contribution in [0.25, 0.3) is 0 Å². The van der Waals surface area contributed by atoms with Crippen molar-refractivity contribution in [1.29, 1.82) is 0 Å². The van der Waals surface area contributed by atoms with Crippen LogP contribution in [-0.2, 0) is 28.6 Å². The first-order valence-corrected chi connectivity index (χ1v) is 13.1. The Balaban J connectivity index is 1.74. The molecule has 3 aliphatic carbocycles. The lowest BCUT2D eigenvalue weighted by molar-refractivity contribution is -0.337. The molecule has 3 N–H and O–H groups in total. The van der Waals surface area contributed by atoms with Gasteiger partial charge in [0.25, 0.3) is 0 Å². The molecule has 1 heterocycles. The van der Waals surface area contributed by atoms with Crippen molar-refractivity contribution >= 4 is 23.5 Å². The fourth-order valence-corrected chi connectivity index (χ4v) is 7.63. The van der Waals surface area contributed by atoms with Gasteiger partial charge in [-0.2, -0.15) is 0 Å². The predicted molar refractivity (Wildman–Crippen MR) is 134 cm³/mol. The summed E-state index contributed by atoms with van der Waals surface area (Å²) in [5.74, 6) is -4.67. The lowest BCUT2D eigenvalue weighted by atomic mass is 9.50. The van der Waals surface area contributed by atoms with E-state index in [0.29, 0.717) is 0 Å². The normalized spacial score (nSPS) is 39.6. The first-order valence-electron chi connectivity index (χ1n) is 13.1. The van der Waals surface area contributed by atoms with Crippen LogP contribution in [0.15, 0.2) is 41.5 Å². The lowest BCUT2D eigenvalue weighted by Gasteiger charge is -2.63. The van der Waals surface area contributed by atoms with Gasteiger partial charge in [0.15, 0.2) is 5.60 Å². The summed E-state index contributed by atoms with van der Waals surface area (Å²) in [6.45, 7) is 6.97. The zero-order valence-electron chi connectivity index (χ0n) is 22.6. The van der Waals surface area contributed by atoms with E-state index < -0.39 is 75.9 Å². The molecule has 0 amide bonds. The molecule has 10 heteroatoms. The van der Waals surface area contributed by atoms with Crippen LogP contribution in [0.2, 0.25) is 0 Å². The van der Waals surface area contributed by atoms with Crippen molar-refractivity contribution < 1.29 is 48.7 Å². The second-order valence-electron chi connectivity index (χ2n) is 12.0. The number of ether oxygens (including phenoxy) is 3. The number of hydrogen-bond acceptors (Lipinski definition) is 10. The van der Waals surface area contributed by atoms with Crippen molar-refractivity contribution in [3.05, 3.63) is 47.0 Å². The lowest BCUT2D eigenvalue weighted by Crippen LogP contribution is -2.78. The van der Waals surface area contributed by atoms with Crippen LogP contribution >= 0.6 is 0 Å². The van der Waals surface area contributed by atoms with Gasteiger partial charge in [-0.1, -0.05) is 18.2 Å². The summed E-state index contributed by atoms with van der Waals surface area (Å²) in [4.78, 5) is 53.7. The molecule has 4 aliphatic rings. The number of aliphatic hydroxyl groups excluding tert-OH is 3. The van der Waals surface area contributed by atoms with E-state index in [2.05, 4.69) is 0 Å². The van der Waals surface area contributed by atoms with E-state index in [4.69, 9.17) is 14.2 Å². The maximum Gasteiger partial charge on any atom is 0.338 e. The Morgan fingerprint density at radius 3 is 2.31 bits per heavy atom. The molecule has 3 fully saturated rings. The third-order valence-corrected chi connectivity index (χ3v) is 9.72. The van der Waals surface area contributed by atoms with E-state index in [1.807, 2.05) is 0 Å². The van der Waals surface area contributed by atoms with Gasteiger partial charge in [-0.05, 0) is 51.8 Å². The van der Waals surface area contributed by atoms with Crippen molar-refractivity contribution in [3.63, 3.8) is 0 Å². The molecule has 0 aromatic heterocycles. The van der Waals surface area contributed by atoms with Gasteiger partial charge in [-0.3, -0.25) is 14.4 Å². The van der Waals surface area contributed by atoms with Crippen LogP contribution in [0.5, 0.6) is 0 Å². The molecule has 0 bridgehead atoms. The molecular formula is C29H34O10. The largest absolute Gasteiger partial charge is 0.455 e. The number of carbonyl (C=O) groups excluding carboxylic acids is 4. The third kappa shape index (κ3) is 3.48. The van der Waals surface area contributed by atoms with Gasteiger partial charge >= 0.3 is 11.9 Å². The first kappa shape index (κ1) is 27.6. The van der Waals surface area contributed by atoms with E-state index in [0.717, 1.165) is 0 Å². The van der Waals surface area contributed by atoms with Gasteiger partial charge in [-0.15, -0.1) is 0 Å². The van der Waals surface area contributed by atoms with E-state index in [9.17, 15) is 34.5 Å². The number of benzene rings is 1. The highest BCUT2D eigenvalue weighted by Gasteiger charge is 2.78. The maximum atomic E-state index is 14.1. The van der Waals surface area contributed by atoms with Crippen molar-refractivity contribution in [1.82, 2.24) is 0 Å². The average molecular weight is 543 g/mol. The minimum atomic E-state index is -1.86. The minimum Gasteiger partial charge on any atom is -0.455 e. The Morgan fingerprint density at radius 2 is 1.74 bits per heavy atom. The molecule has 0 spiro atoms. The summed E-state index contributed by atoms with van der Waals surface area (Å²) in [7, 11) is 0. The molecule has 2 saturated carbocycles. The molecule has 5 rings (SSSR count). The van der Waals surface area contributed by atoms with E-state index in [-0.39, 0.29) is 36.2 Å². The number of esters is 2. The highest BCUT2D eigenvalue weighted by Crippen LogP contribution is 2.65. The van der Waals surface area contributed by atoms with Crippen LogP contribution < -0.4 is 0 Å². The zero-order valence-corrected chi connectivity index (χ0v) is 22.6. The smallest absolute Gasteiger partial charge is 0.338 e. The number of ketones is 2. The fourth-order valence-electron chi connectivity index (χ4n) is 7.63. The fraction of sp³-hybridized carbons (Fsp3) is 0.586. The van der Waals surface area contributed by atoms with Gasteiger partial charge in [0.2, 0.25) is 11.6 Å². The summed E-state index contributed by atoms with van der Waals surface area (Å²) in [6.07, 6.45) is -5.48. The Kier molecular flexibility index (Phi) is 6.23. The predicted octanol–water partition coefficient (Wildman–Crippen LogP) is 1.29. The Labute approximate surface area is 225 Å². The summed E-state index contributed by atoms with van der Waals surface area (Å²) in [6, 6.07) is 8.17. The molecule has 210 valence electrons. The van der Waals surface area contributed by atoms with Crippen molar-refractivity contribution in [2.24, 2.45) is 16.7 Å². The van der Waals surface area contributed by atoms with Gasteiger partial charge < -0.3 is 29.5 Å². The molecule has 1 saturated heterocycles. The van der Waals surface area contributed by atoms with Crippen LogP contribution in [-0.4, -0.2) is 81.0 Å². The molecule has 10 nitrogen and oxygen atoms in total. The highest BCUT2D eigenvalue weighted by molar-refractivity contribution is 6.46. The number of Topliss-reactive ketones (excluding diaryl/α,β-unsaturated/α-hetero) is 2. The van der Waals surface area contributed by atoms with Crippen molar-refractivity contribution in [2.75, 3.05) is 6.61 Å². The highest BCUT2D eigenvalue weighted by atomic mass is 16.6. The van der Waals surface area contributed by atoms with Crippen LogP contribution in [0.4, 0.5) is 0 Å². The minimum absolute atomic E-state index is 0.0912. The second kappa shape index (κ2) is 8.79. The van der Waals surface area contributed by atoms with E-state index in [1.165, 1.54) is 34.6 Å². The molecule has 1 aromatic rings. The molecule has 8 unspecified atom stereocenters. The number of hydrogen-bond donors (Lipinski definition) is 3. The quantitative estimate of drug-likeness (QED) is 0.374. The third-order valence-electron chi connectivity index (χ3n) is 9.72. The molecule has 8 atom stereocenters. The van der Waals surface area contributed by atoms with Crippen molar-refractivity contribution in [2.45, 2.75) is 83.1 Å². The van der Waals surface area contributed by atoms with Gasteiger partial charge in [0.05, 0.1) is 41.3 Å². The average Bonchev–Trinajstić information content (AvgIpc) is 3.13. The SMILES string of the molecule is CC(=O)OC12COC1CC(O)C1(C)C(=O)C(=O)C3=C(C)C(O)CC3(C(C)(C)OC(=O)c3ccccc3)C(O)C21. The molecule has 1 aliphatic heterocycles. The molecule has 0 radical (unpaired) electrons. The topological polar surface area (TPSA) is 157 Å². The number of aliphatic hydroxyl groups is 3. The second-order valence-corrected chi connectivity index (χ2v) is 12.0. The van der Waals surface area contributed by atoms with Gasteiger partial charge in [0, 0.05) is 24.8 Å². The van der Waals surface area contributed by atoms with E-state index in [1.54, 1.807) is 30.3 Å². The number of carbonyl (C=O) groups is 4. The van der Waals surface area contributed by atoms with E-state index >= 15 is 0 Å². The van der Waals surface area contributed by atoms with Crippen LogP contribution in [0, 0.1) is 16.7 Å². The molecule has 39 heavy (non-hydrogen) atoms. The van der Waals surface area contributed by atoms with Crippen LogP contribution in [0.3, 0.4) is 0 Å². The summed E-state index contributed by atoms with van der Waals surface area (Å²) in [5.41, 5.74) is -6.57.